The lowest BCUT2D eigenvalue weighted by atomic mass is 10.0. The highest BCUT2D eigenvalue weighted by molar-refractivity contribution is 5.94. The number of nitrogens with zero attached hydrogens (tertiary/aromatic N) is 4. The molecule has 120 valence electrons. The standard InChI is InChI=1S/C16H19N5O2/c1-11-3-4-12(7-19-11)15(23)20-14-9-21(8-13(14)10-22)16-17-5-2-6-18-16/h2-7,13-14,22H,8-10H2,1H3,(H,20,23)/t13-,14+/m0/s1. The van der Waals surface area contributed by atoms with Crippen LogP contribution in [0, 0.1) is 12.8 Å². The maximum absolute atomic E-state index is 12.3. The second kappa shape index (κ2) is 6.70. The molecule has 7 nitrogen and oxygen atoms in total. The number of anilines is 1. The molecule has 0 bridgehead atoms. The molecule has 0 spiro atoms. The maximum atomic E-state index is 12.3. The summed E-state index contributed by atoms with van der Waals surface area (Å²) in [6.07, 6.45) is 4.92. The van der Waals surface area contributed by atoms with Gasteiger partial charge in [0.15, 0.2) is 0 Å². The number of aryl methyl sites for hydroxylation is 1. The number of amides is 1. The molecule has 23 heavy (non-hydrogen) atoms. The first kappa shape index (κ1) is 15.4. The Balaban J connectivity index is 1.69. The predicted molar refractivity (Wildman–Crippen MR) is 85.0 cm³/mol. The Morgan fingerprint density at radius 1 is 1.30 bits per heavy atom. The maximum Gasteiger partial charge on any atom is 0.253 e. The van der Waals surface area contributed by atoms with Crippen LogP contribution in [0.4, 0.5) is 5.95 Å². The zero-order valence-corrected chi connectivity index (χ0v) is 12.9. The molecule has 0 aliphatic carbocycles. The Hall–Kier alpha value is -2.54. The summed E-state index contributed by atoms with van der Waals surface area (Å²) in [5.41, 5.74) is 1.38. The van der Waals surface area contributed by atoms with Gasteiger partial charge in [-0.05, 0) is 25.1 Å². The molecule has 1 amide bonds. The Labute approximate surface area is 134 Å². The van der Waals surface area contributed by atoms with E-state index in [0.29, 0.717) is 24.6 Å². The minimum Gasteiger partial charge on any atom is -0.396 e. The Kier molecular flexibility index (Phi) is 4.47. The summed E-state index contributed by atoms with van der Waals surface area (Å²) in [6.45, 7) is 3.05. The lowest BCUT2D eigenvalue weighted by Gasteiger charge is -2.17. The number of aliphatic hydroxyl groups excluding tert-OH is 1. The third kappa shape index (κ3) is 3.45. The van der Waals surface area contributed by atoms with Crippen LogP contribution in [0.25, 0.3) is 0 Å². The highest BCUT2D eigenvalue weighted by atomic mass is 16.3. The Morgan fingerprint density at radius 2 is 2.09 bits per heavy atom. The summed E-state index contributed by atoms with van der Waals surface area (Å²) >= 11 is 0. The van der Waals surface area contributed by atoms with Crippen molar-refractivity contribution in [3.63, 3.8) is 0 Å². The van der Waals surface area contributed by atoms with Gasteiger partial charge in [0.1, 0.15) is 0 Å². The molecule has 1 saturated heterocycles. The van der Waals surface area contributed by atoms with Gasteiger partial charge in [0.25, 0.3) is 5.91 Å². The van der Waals surface area contributed by atoms with Crippen molar-refractivity contribution in [3.8, 4) is 0 Å². The summed E-state index contributed by atoms with van der Waals surface area (Å²) in [6, 6.07) is 5.15. The molecule has 1 aliphatic heterocycles. The zero-order valence-electron chi connectivity index (χ0n) is 12.9. The van der Waals surface area contributed by atoms with E-state index in [1.165, 1.54) is 0 Å². The lowest BCUT2D eigenvalue weighted by Crippen LogP contribution is -2.41. The molecule has 0 aromatic carbocycles. The molecular formula is C16H19N5O2. The summed E-state index contributed by atoms with van der Waals surface area (Å²) in [5, 5.41) is 12.6. The molecular weight excluding hydrogens is 294 g/mol. The van der Waals surface area contributed by atoms with Gasteiger partial charge in [0.2, 0.25) is 5.95 Å². The van der Waals surface area contributed by atoms with E-state index in [4.69, 9.17) is 0 Å². The third-order valence-electron chi connectivity index (χ3n) is 4.00. The number of nitrogens with one attached hydrogen (secondary N) is 1. The molecule has 2 N–H and O–H groups in total. The first-order valence-electron chi connectivity index (χ1n) is 7.53. The van der Waals surface area contributed by atoms with Crippen LogP contribution in [0.3, 0.4) is 0 Å². The smallest absolute Gasteiger partial charge is 0.253 e. The molecule has 7 heteroatoms. The van der Waals surface area contributed by atoms with Crippen molar-refractivity contribution < 1.29 is 9.90 Å². The molecule has 0 saturated carbocycles. The molecule has 2 aromatic heterocycles. The van der Waals surface area contributed by atoms with Crippen molar-refractivity contribution in [1.82, 2.24) is 20.3 Å². The van der Waals surface area contributed by atoms with E-state index >= 15 is 0 Å². The monoisotopic (exact) mass is 313 g/mol. The van der Waals surface area contributed by atoms with Crippen molar-refractivity contribution in [2.45, 2.75) is 13.0 Å². The largest absolute Gasteiger partial charge is 0.396 e. The number of rotatable bonds is 4. The molecule has 3 heterocycles. The van der Waals surface area contributed by atoms with E-state index in [1.54, 1.807) is 36.8 Å². The predicted octanol–water partition coefficient (Wildman–Crippen LogP) is 0.407. The number of pyridine rings is 1. The van der Waals surface area contributed by atoms with Crippen molar-refractivity contribution in [2.24, 2.45) is 5.92 Å². The van der Waals surface area contributed by atoms with Crippen LogP contribution in [0.2, 0.25) is 0 Å². The summed E-state index contributed by atoms with van der Waals surface area (Å²) in [4.78, 5) is 26.9. The van der Waals surface area contributed by atoms with Gasteiger partial charge < -0.3 is 15.3 Å². The van der Waals surface area contributed by atoms with Crippen molar-refractivity contribution in [3.05, 3.63) is 48.0 Å². The molecule has 2 atom stereocenters. The summed E-state index contributed by atoms with van der Waals surface area (Å²) < 4.78 is 0. The van der Waals surface area contributed by atoms with Crippen molar-refractivity contribution in [1.29, 1.82) is 0 Å². The Morgan fingerprint density at radius 3 is 2.74 bits per heavy atom. The Bertz CT molecular complexity index is 662. The SMILES string of the molecule is Cc1ccc(C(=O)N[C@@H]2CN(c3ncccn3)C[C@H]2CO)cn1. The van der Waals surface area contributed by atoms with Gasteiger partial charge in [-0.1, -0.05) is 0 Å². The first-order chi connectivity index (χ1) is 11.2. The second-order valence-electron chi connectivity index (χ2n) is 5.66. The van der Waals surface area contributed by atoms with E-state index in [2.05, 4.69) is 20.3 Å². The minimum atomic E-state index is -0.184. The third-order valence-corrected chi connectivity index (χ3v) is 4.00. The molecule has 0 radical (unpaired) electrons. The highest BCUT2D eigenvalue weighted by Crippen LogP contribution is 2.21. The number of hydrogen-bond donors (Lipinski definition) is 2. The van der Waals surface area contributed by atoms with Gasteiger partial charge in [0.05, 0.1) is 11.6 Å². The number of aliphatic hydroxyl groups is 1. The van der Waals surface area contributed by atoms with Gasteiger partial charge in [0, 0.05) is 49.9 Å². The lowest BCUT2D eigenvalue weighted by molar-refractivity contribution is 0.0921. The fourth-order valence-corrected chi connectivity index (χ4v) is 2.69. The van der Waals surface area contributed by atoms with E-state index in [-0.39, 0.29) is 24.5 Å². The number of carbonyl (C=O) groups is 1. The van der Waals surface area contributed by atoms with Gasteiger partial charge in [-0.15, -0.1) is 0 Å². The quantitative estimate of drug-likeness (QED) is 0.849. The molecule has 2 aromatic rings. The minimum absolute atomic E-state index is 0.000425. The average molecular weight is 313 g/mol. The van der Waals surface area contributed by atoms with Crippen LogP contribution < -0.4 is 10.2 Å². The van der Waals surface area contributed by atoms with Gasteiger partial charge in [-0.25, -0.2) is 9.97 Å². The van der Waals surface area contributed by atoms with Crippen molar-refractivity contribution >= 4 is 11.9 Å². The van der Waals surface area contributed by atoms with Crippen LogP contribution in [0.1, 0.15) is 16.1 Å². The zero-order chi connectivity index (χ0) is 16.2. The van der Waals surface area contributed by atoms with Gasteiger partial charge in [-0.3, -0.25) is 9.78 Å². The van der Waals surface area contributed by atoms with Crippen LogP contribution in [0.15, 0.2) is 36.8 Å². The van der Waals surface area contributed by atoms with E-state index in [1.807, 2.05) is 11.8 Å². The normalized spacial score (nSPS) is 20.5. The number of aromatic nitrogens is 3. The van der Waals surface area contributed by atoms with Gasteiger partial charge in [-0.2, -0.15) is 0 Å². The van der Waals surface area contributed by atoms with Crippen LogP contribution in [-0.4, -0.2) is 51.7 Å². The first-order valence-corrected chi connectivity index (χ1v) is 7.53. The van der Waals surface area contributed by atoms with E-state index in [9.17, 15) is 9.90 Å². The summed E-state index contributed by atoms with van der Waals surface area (Å²) in [7, 11) is 0. The van der Waals surface area contributed by atoms with Crippen LogP contribution in [0.5, 0.6) is 0 Å². The second-order valence-corrected chi connectivity index (χ2v) is 5.66. The van der Waals surface area contributed by atoms with Gasteiger partial charge >= 0.3 is 0 Å². The highest BCUT2D eigenvalue weighted by Gasteiger charge is 2.34. The van der Waals surface area contributed by atoms with Crippen LogP contribution in [-0.2, 0) is 0 Å². The molecule has 1 fully saturated rings. The average Bonchev–Trinajstić information content (AvgIpc) is 2.99. The fraction of sp³-hybridized carbons (Fsp3) is 0.375. The molecule has 0 unspecified atom stereocenters. The van der Waals surface area contributed by atoms with Crippen molar-refractivity contribution in [2.75, 3.05) is 24.6 Å². The van der Waals surface area contributed by atoms with Crippen LogP contribution >= 0.6 is 0 Å². The molecule has 1 aliphatic rings. The number of carbonyl (C=O) groups excluding carboxylic acids is 1. The topological polar surface area (TPSA) is 91.2 Å². The molecule has 3 rings (SSSR count). The number of hydrogen-bond acceptors (Lipinski definition) is 6. The fourth-order valence-electron chi connectivity index (χ4n) is 2.69. The van der Waals surface area contributed by atoms with E-state index in [0.717, 1.165) is 5.69 Å². The summed E-state index contributed by atoms with van der Waals surface area (Å²) in [5.74, 6) is 0.373. The van der Waals surface area contributed by atoms with E-state index < -0.39 is 0 Å².